The summed E-state index contributed by atoms with van der Waals surface area (Å²) in [4.78, 5) is 17.5. The summed E-state index contributed by atoms with van der Waals surface area (Å²) < 4.78 is 6.90. The monoisotopic (exact) mass is 391 g/mol. The molecule has 1 atom stereocenters. The molecule has 0 fully saturated rings. The first-order chi connectivity index (χ1) is 14.0. The van der Waals surface area contributed by atoms with Crippen molar-refractivity contribution >= 4 is 17.5 Å². The Morgan fingerprint density at radius 1 is 1.24 bits per heavy atom. The highest BCUT2D eigenvalue weighted by molar-refractivity contribution is 6.06. The molecule has 0 spiro atoms. The normalized spacial score (nSPS) is 15.5. The standard InChI is InChI=1S/C21H21N5O3/c1-12-6-4-5-7-15(12)25-20(28)18-13(2)24-21-22-11-23-26(21)19(18)14-8-9-16(27)17(10-14)29-3/h4-11,19,27H,1-3H3,(H,25,28)(H,22,23,24). The first kappa shape index (κ1) is 18.5. The van der Waals surface area contributed by atoms with Crippen molar-refractivity contribution in [3.8, 4) is 11.5 Å². The molecule has 3 N–H and O–H groups in total. The van der Waals surface area contributed by atoms with E-state index < -0.39 is 6.04 Å². The van der Waals surface area contributed by atoms with Crippen molar-refractivity contribution in [3.05, 3.63) is 71.2 Å². The third kappa shape index (κ3) is 3.29. The van der Waals surface area contributed by atoms with E-state index in [4.69, 9.17) is 4.74 Å². The molecule has 0 radical (unpaired) electrons. The average Bonchev–Trinajstić information content (AvgIpc) is 3.17. The number of methoxy groups -OCH3 is 1. The molecular weight excluding hydrogens is 370 g/mol. The molecule has 2 heterocycles. The number of hydrogen-bond acceptors (Lipinski definition) is 6. The second kappa shape index (κ2) is 7.31. The van der Waals surface area contributed by atoms with E-state index in [1.807, 2.05) is 38.1 Å². The quantitative estimate of drug-likeness (QED) is 0.631. The summed E-state index contributed by atoms with van der Waals surface area (Å²) in [5.41, 5.74) is 3.62. The van der Waals surface area contributed by atoms with Gasteiger partial charge in [0.15, 0.2) is 11.5 Å². The Balaban J connectivity index is 1.80. The van der Waals surface area contributed by atoms with Gasteiger partial charge in [-0.1, -0.05) is 24.3 Å². The van der Waals surface area contributed by atoms with Crippen molar-refractivity contribution in [1.82, 2.24) is 14.8 Å². The molecule has 1 unspecified atom stereocenters. The minimum absolute atomic E-state index is 0.0237. The fourth-order valence-electron chi connectivity index (χ4n) is 3.46. The van der Waals surface area contributed by atoms with Crippen LogP contribution in [0.25, 0.3) is 0 Å². The number of carbonyl (C=O) groups excluding carboxylic acids is 1. The molecule has 29 heavy (non-hydrogen) atoms. The van der Waals surface area contributed by atoms with Gasteiger partial charge >= 0.3 is 0 Å². The van der Waals surface area contributed by atoms with Crippen LogP contribution in [0.4, 0.5) is 11.6 Å². The number of para-hydroxylation sites is 1. The third-order valence-electron chi connectivity index (χ3n) is 4.95. The number of ether oxygens (including phenoxy) is 1. The van der Waals surface area contributed by atoms with Gasteiger partial charge in [0.1, 0.15) is 12.4 Å². The summed E-state index contributed by atoms with van der Waals surface area (Å²) in [5, 5.41) is 20.4. The highest BCUT2D eigenvalue weighted by atomic mass is 16.5. The summed E-state index contributed by atoms with van der Waals surface area (Å²) in [6.45, 7) is 3.77. The Morgan fingerprint density at radius 3 is 2.79 bits per heavy atom. The van der Waals surface area contributed by atoms with Crippen LogP contribution < -0.4 is 15.4 Å². The zero-order chi connectivity index (χ0) is 20.5. The number of anilines is 2. The van der Waals surface area contributed by atoms with Gasteiger partial charge in [-0.05, 0) is 43.2 Å². The van der Waals surface area contributed by atoms with E-state index in [9.17, 15) is 9.90 Å². The number of nitrogens with one attached hydrogen (secondary N) is 2. The lowest BCUT2D eigenvalue weighted by atomic mass is 9.94. The number of allylic oxidation sites excluding steroid dienone is 1. The number of rotatable bonds is 4. The number of nitrogens with zero attached hydrogens (tertiary/aromatic N) is 3. The van der Waals surface area contributed by atoms with Gasteiger partial charge in [0.2, 0.25) is 5.95 Å². The third-order valence-corrected chi connectivity index (χ3v) is 4.95. The molecule has 1 aromatic heterocycles. The van der Waals surface area contributed by atoms with Crippen LogP contribution in [0.1, 0.15) is 24.1 Å². The smallest absolute Gasteiger partial charge is 0.255 e. The van der Waals surface area contributed by atoms with E-state index in [1.165, 1.54) is 13.4 Å². The number of fused-ring (bicyclic) bond motifs is 1. The Bertz CT molecular complexity index is 1120. The predicted molar refractivity (Wildman–Crippen MR) is 109 cm³/mol. The van der Waals surface area contributed by atoms with Crippen molar-refractivity contribution in [2.24, 2.45) is 0 Å². The SMILES string of the molecule is COc1cc(C2C(C(=O)Nc3ccccc3C)=C(C)Nc3ncnn32)ccc1O. The van der Waals surface area contributed by atoms with Crippen LogP contribution >= 0.6 is 0 Å². The summed E-state index contributed by atoms with van der Waals surface area (Å²) in [6, 6.07) is 12.0. The van der Waals surface area contributed by atoms with Gasteiger partial charge in [0.25, 0.3) is 5.91 Å². The minimum atomic E-state index is -0.535. The van der Waals surface area contributed by atoms with Crippen molar-refractivity contribution in [3.63, 3.8) is 0 Å². The molecule has 1 aliphatic rings. The Kier molecular flexibility index (Phi) is 4.67. The number of amides is 1. The summed E-state index contributed by atoms with van der Waals surface area (Å²) in [6.07, 6.45) is 1.43. The maximum Gasteiger partial charge on any atom is 0.255 e. The molecule has 1 aliphatic heterocycles. The summed E-state index contributed by atoms with van der Waals surface area (Å²) >= 11 is 0. The topological polar surface area (TPSA) is 101 Å². The number of phenols is 1. The minimum Gasteiger partial charge on any atom is -0.504 e. The van der Waals surface area contributed by atoms with Gasteiger partial charge in [-0.3, -0.25) is 4.79 Å². The Labute approximate surface area is 167 Å². The fourth-order valence-corrected chi connectivity index (χ4v) is 3.46. The lowest BCUT2D eigenvalue weighted by Crippen LogP contribution is -2.31. The molecule has 0 bridgehead atoms. The van der Waals surface area contributed by atoms with E-state index in [0.29, 0.717) is 23.0 Å². The second-order valence-corrected chi connectivity index (χ2v) is 6.79. The molecule has 0 saturated heterocycles. The molecule has 4 rings (SSSR count). The number of aromatic nitrogens is 3. The van der Waals surface area contributed by atoms with Gasteiger partial charge < -0.3 is 20.5 Å². The molecule has 0 saturated carbocycles. The van der Waals surface area contributed by atoms with Gasteiger partial charge in [0, 0.05) is 11.4 Å². The van der Waals surface area contributed by atoms with E-state index >= 15 is 0 Å². The molecule has 1 amide bonds. The highest BCUT2D eigenvalue weighted by Crippen LogP contribution is 2.38. The van der Waals surface area contributed by atoms with E-state index in [2.05, 4.69) is 20.7 Å². The average molecular weight is 391 g/mol. The van der Waals surface area contributed by atoms with Crippen LogP contribution in [-0.2, 0) is 4.79 Å². The van der Waals surface area contributed by atoms with Crippen LogP contribution in [0.2, 0.25) is 0 Å². The van der Waals surface area contributed by atoms with Crippen molar-refractivity contribution in [2.75, 3.05) is 17.7 Å². The zero-order valence-electron chi connectivity index (χ0n) is 16.3. The zero-order valence-corrected chi connectivity index (χ0v) is 16.3. The molecule has 8 nitrogen and oxygen atoms in total. The largest absolute Gasteiger partial charge is 0.504 e. The van der Waals surface area contributed by atoms with E-state index in [0.717, 1.165) is 16.8 Å². The van der Waals surface area contributed by atoms with Gasteiger partial charge in [-0.2, -0.15) is 10.1 Å². The lowest BCUT2D eigenvalue weighted by Gasteiger charge is -2.29. The van der Waals surface area contributed by atoms with Gasteiger partial charge in [0.05, 0.1) is 12.7 Å². The molecule has 2 aromatic carbocycles. The van der Waals surface area contributed by atoms with Crippen LogP contribution in [-0.4, -0.2) is 32.9 Å². The number of hydrogen-bond donors (Lipinski definition) is 3. The Morgan fingerprint density at radius 2 is 2.03 bits per heavy atom. The predicted octanol–water partition coefficient (Wildman–Crippen LogP) is 3.23. The van der Waals surface area contributed by atoms with E-state index in [-0.39, 0.29) is 11.7 Å². The Hall–Kier alpha value is -3.81. The highest BCUT2D eigenvalue weighted by Gasteiger charge is 2.34. The van der Waals surface area contributed by atoms with Crippen LogP contribution in [0.15, 0.2) is 60.1 Å². The molecule has 8 heteroatoms. The number of phenolic OH excluding ortho intramolecular Hbond substituents is 1. The van der Waals surface area contributed by atoms with Crippen molar-refractivity contribution < 1.29 is 14.6 Å². The number of aryl methyl sites for hydroxylation is 1. The lowest BCUT2D eigenvalue weighted by molar-refractivity contribution is -0.113. The second-order valence-electron chi connectivity index (χ2n) is 6.79. The molecule has 3 aromatic rings. The number of carbonyl (C=O) groups is 1. The first-order valence-corrected chi connectivity index (χ1v) is 9.10. The molecule has 148 valence electrons. The van der Waals surface area contributed by atoms with E-state index in [1.54, 1.807) is 22.9 Å². The van der Waals surface area contributed by atoms with Crippen molar-refractivity contribution in [1.29, 1.82) is 0 Å². The summed E-state index contributed by atoms with van der Waals surface area (Å²) in [7, 11) is 1.48. The fraction of sp³-hybridized carbons (Fsp3) is 0.190. The van der Waals surface area contributed by atoms with Crippen LogP contribution in [0, 0.1) is 6.92 Å². The molecule has 0 aliphatic carbocycles. The van der Waals surface area contributed by atoms with Crippen LogP contribution in [0.5, 0.6) is 11.5 Å². The summed E-state index contributed by atoms with van der Waals surface area (Å²) in [5.74, 6) is 0.629. The number of aromatic hydroxyl groups is 1. The first-order valence-electron chi connectivity index (χ1n) is 9.10. The number of benzene rings is 2. The maximum atomic E-state index is 13.3. The van der Waals surface area contributed by atoms with Crippen LogP contribution in [0.3, 0.4) is 0 Å². The molecular formula is C21H21N5O3. The van der Waals surface area contributed by atoms with Gasteiger partial charge in [-0.25, -0.2) is 4.68 Å². The van der Waals surface area contributed by atoms with Crippen molar-refractivity contribution in [2.45, 2.75) is 19.9 Å². The maximum absolute atomic E-state index is 13.3. The van der Waals surface area contributed by atoms with Gasteiger partial charge in [-0.15, -0.1) is 0 Å².